The molecule has 0 unspecified atom stereocenters. The molecule has 2 N–H and O–H groups in total. The first-order valence-corrected chi connectivity index (χ1v) is 10.00. The number of aromatic nitrogens is 2. The van der Waals surface area contributed by atoms with Crippen molar-refractivity contribution in [2.75, 3.05) is 6.26 Å². The Bertz CT molecular complexity index is 1070. The Morgan fingerprint density at radius 2 is 1.76 bits per heavy atom. The molecule has 0 saturated heterocycles. The molecule has 0 fully saturated rings. The van der Waals surface area contributed by atoms with E-state index in [-0.39, 0.29) is 6.54 Å². The lowest BCUT2D eigenvalue weighted by molar-refractivity contribution is -0.142. The van der Waals surface area contributed by atoms with E-state index in [1.807, 2.05) is 30.5 Å². The molecule has 0 radical (unpaired) electrons. The van der Waals surface area contributed by atoms with Crippen LogP contribution >= 0.6 is 11.8 Å². The molecular weight excluding hydrogens is 390 g/mol. The van der Waals surface area contributed by atoms with Gasteiger partial charge in [0, 0.05) is 16.5 Å². The molecule has 0 aliphatic carbocycles. The zero-order valence-corrected chi connectivity index (χ0v) is 16.4. The minimum atomic E-state index is -1.21. The second-order valence-corrected chi connectivity index (χ2v) is 7.07. The van der Waals surface area contributed by atoms with Gasteiger partial charge in [0.25, 0.3) is 5.56 Å². The Kier molecular flexibility index (Phi) is 6.46. The fourth-order valence-corrected chi connectivity index (χ4v) is 3.16. The number of thioether (sulfide) groups is 1. The Morgan fingerprint density at radius 3 is 2.38 bits per heavy atom. The average Bonchev–Trinajstić information content (AvgIpc) is 2.74. The van der Waals surface area contributed by atoms with Crippen molar-refractivity contribution in [2.24, 2.45) is 0 Å². The van der Waals surface area contributed by atoms with Crippen LogP contribution in [0.25, 0.3) is 11.3 Å². The number of nitrogens with one attached hydrogen (secondary N) is 1. The molecule has 0 aliphatic heterocycles. The number of carbonyl (C=O) groups excluding carboxylic acids is 1. The summed E-state index contributed by atoms with van der Waals surface area (Å²) in [5, 5.41) is 16.1. The fraction of sp³-hybridized carbons (Fsp3) is 0.143. The van der Waals surface area contributed by atoms with E-state index in [2.05, 4.69) is 10.4 Å². The lowest BCUT2D eigenvalue weighted by atomic mass is 10.1. The van der Waals surface area contributed by atoms with Crippen LogP contribution in [-0.2, 0) is 16.1 Å². The van der Waals surface area contributed by atoms with Gasteiger partial charge in [0.15, 0.2) is 6.04 Å². The molecule has 0 spiro atoms. The Labute approximate surface area is 171 Å². The van der Waals surface area contributed by atoms with Gasteiger partial charge in [-0.3, -0.25) is 9.59 Å². The molecule has 0 bridgehead atoms. The van der Waals surface area contributed by atoms with E-state index in [9.17, 15) is 19.5 Å². The van der Waals surface area contributed by atoms with Crippen LogP contribution in [0.5, 0.6) is 0 Å². The van der Waals surface area contributed by atoms with E-state index >= 15 is 0 Å². The van der Waals surface area contributed by atoms with Crippen LogP contribution in [0, 0.1) is 0 Å². The molecule has 7 nitrogen and oxygen atoms in total. The second-order valence-electron chi connectivity index (χ2n) is 6.19. The van der Waals surface area contributed by atoms with Gasteiger partial charge in [-0.05, 0) is 30.0 Å². The number of hydrogen-bond donors (Lipinski definition) is 2. The number of amides is 1. The third-order valence-electron chi connectivity index (χ3n) is 4.23. The zero-order chi connectivity index (χ0) is 20.8. The summed E-state index contributed by atoms with van der Waals surface area (Å²) in [5.74, 6) is -1.81. The largest absolute Gasteiger partial charge is 0.479 e. The summed E-state index contributed by atoms with van der Waals surface area (Å²) in [6, 6.07) is 17.8. The van der Waals surface area contributed by atoms with Crippen molar-refractivity contribution >= 4 is 23.6 Å². The van der Waals surface area contributed by atoms with Crippen molar-refractivity contribution in [3.05, 3.63) is 82.6 Å². The molecular formula is C21H19N3O4S. The summed E-state index contributed by atoms with van der Waals surface area (Å²) in [4.78, 5) is 37.2. The Hall–Kier alpha value is -3.39. The van der Waals surface area contributed by atoms with Crippen molar-refractivity contribution < 1.29 is 14.7 Å². The highest BCUT2D eigenvalue weighted by Crippen LogP contribution is 2.20. The second kappa shape index (κ2) is 9.20. The standard InChI is InChI=1S/C21H19N3O4S/c1-29-16-9-7-14(8-10-16)17-11-12-19(26)24(23-17)13-18(25)22-20(21(27)28)15-5-3-2-4-6-15/h2-12,20H,13H2,1H3,(H,22,25)(H,27,28)/t20-/m1/s1. The van der Waals surface area contributed by atoms with Crippen molar-refractivity contribution in [2.45, 2.75) is 17.5 Å². The minimum absolute atomic E-state index is 0.383. The molecule has 1 amide bonds. The number of benzene rings is 2. The number of nitrogens with zero attached hydrogens (tertiary/aromatic N) is 2. The molecule has 8 heteroatoms. The molecule has 0 aliphatic rings. The van der Waals surface area contributed by atoms with Crippen LogP contribution in [0.3, 0.4) is 0 Å². The first-order valence-electron chi connectivity index (χ1n) is 8.77. The minimum Gasteiger partial charge on any atom is -0.479 e. The molecule has 1 atom stereocenters. The number of rotatable bonds is 7. The van der Waals surface area contributed by atoms with Crippen LogP contribution in [0.2, 0.25) is 0 Å². The summed E-state index contributed by atoms with van der Waals surface area (Å²) in [6.07, 6.45) is 1.98. The molecule has 3 aromatic rings. The lowest BCUT2D eigenvalue weighted by Crippen LogP contribution is -2.38. The maximum absolute atomic E-state index is 12.4. The monoisotopic (exact) mass is 409 g/mol. The van der Waals surface area contributed by atoms with E-state index < -0.39 is 23.5 Å². The highest BCUT2D eigenvalue weighted by molar-refractivity contribution is 7.98. The first-order chi connectivity index (χ1) is 14.0. The van der Waals surface area contributed by atoms with Gasteiger partial charge < -0.3 is 10.4 Å². The van der Waals surface area contributed by atoms with Gasteiger partial charge >= 0.3 is 5.97 Å². The summed E-state index contributed by atoms with van der Waals surface area (Å²) in [7, 11) is 0. The number of carbonyl (C=O) groups is 2. The molecule has 148 valence electrons. The van der Waals surface area contributed by atoms with E-state index in [0.29, 0.717) is 11.3 Å². The van der Waals surface area contributed by atoms with Crippen LogP contribution in [0.4, 0.5) is 0 Å². The van der Waals surface area contributed by atoms with Crippen molar-refractivity contribution in [3.8, 4) is 11.3 Å². The van der Waals surface area contributed by atoms with Crippen molar-refractivity contribution in [1.82, 2.24) is 15.1 Å². The Balaban J connectivity index is 1.79. The van der Waals surface area contributed by atoms with Gasteiger partial charge in [-0.25, -0.2) is 9.48 Å². The Morgan fingerprint density at radius 1 is 1.07 bits per heavy atom. The lowest BCUT2D eigenvalue weighted by Gasteiger charge is -2.15. The van der Waals surface area contributed by atoms with Gasteiger partial charge in [-0.1, -0.05) is 42.5 Å². The predicted octanol–water partition coefficient (Wildman–Crippen LogP) is 2.57. The number of hydrogen-bond acceptors (Lipinski definition) is 5. The van der Waals surface area contributed by atoms with Gasteiger partial charge in [-0.2, -0.15) is 5.10 Å². The summed E-state index contributed by atoms with van der Waals surface area (Å²) in [6.45, 7) is -0.383. The highest BCUT2D eigenvalue weighted by atomic mass is 32.2. The number of aliphatic carboxylic acids is 1. The van der Waals surface area contributed by atoms with E-state index in [0.717, 1.165) is 15.1 Å². The van der Waals surface area contributed by atoms with Crippen LogP contribution in [0.1, 0.15) is 11.6 Å². The molecule has 1 aromatic heterocycles. The highest BCUT2D eigenvalue weighted by Gasteiger charge is 2.22. The first kappa shape index (κ1) is 20.3. The smallest absolute Gasteiger partial charge is 0.330 e. The SMILES string of the molecule is CSc1ccc(-c2ccc(=O)n(CC(=O)N[C@@H](C(=O)O)c3ccccc3)n2)cc1. The van der Waals surface area contributed by atoms with Gasteiger partial charge in [-0.15, -0.1) is 11.8 Å². The maximum atomic E-state index is 12.4. The number of carboxylic acid groups (broad SMARTS) is 1. The van der Waals surface area contributed by atoms with Gasteiger partial charge in [0.2, 0.25) is 5.91 Å². The van der Waals surface area contributed by atoms with Crippen molar-refractivity contribution in [3.63, 3.8) is 0 Å². The van der Waals surface area contributed by atoms with E-state index in [4.69, 9.17) is 0 Å². The van der Waals surface area contributed by atoms with Crippen LogP contribution in [-0.4, -0.2) is 33.0 Å². The maximum Gasteiger partial charge on any atom is 0.330 e. The zero-order valence-electron chi connectivity index (χ0n) is 15.6. The van der Waals surface area contributed by atoms with Crippen LogP contribution < -0.4 is 10.9 Å². The summed E-state index contributed by atoms with van der Waals surface area (Å²) < 4.78 is 1.02. The molecule has 3 rings (SSSR count). The summed E-state index contributed by atoms with van der Waals surface area (Å²) >= 11 is 1.62. The predicted molar refractivity (Wildman–Crippen MR) is 111 cm³/mol. The topological polar surface area (TPSA) is 101 Å². The number of carboxylic acids is 1. The van der Waals surface area contributed by atoms with Crippen molar-refractivity contribution in [1.29, 1.82) is 0 Å². The quantitative estimate of drug-likeness (QED) is 0.582. The van der Waals surface area contributed by atoms with Gasteiger partial charge in [0.05, 0.1) is 5.69 Å². The normalized spacial score (nSPS) is 11.6. The van der Waals surface area contributed by atoms with E-state index in [1.54, 1.807) is 48.2 Å². The third kappa shape index (κ3) is 5.11. The molecule has 29 heavy (non-hydrogen) atoms. The molecule has 0 saturated carbocycles. The molecule has 1 heterocycles. The van der Waals surface area contributed by atoms with Crippen LogP contribution in [0.15, 0.2) is 76.4 Å². The molecule has 2 aromatic carbocycles. The van der Waals surface area contributed by atoms with E-state index in [1.165, 1.54) is 6.07 Å². The average molecular weight is 409 g/mol. The van der Waals surface area contributed by atoms with Gasteiger partial charge in [0.1, 0.15) is 6.54 Å². The third-order valence-corrected chi connectivity index (χ3v) is 4.97. The fourth-order valence-electron chi connectivity index (χ4n) is 2.75. The summed E-state index contributed by atoms with van der Waals surface area (Å²) in [5.41, 5.74) is 1.35.